The van der Waals surface area contributed by atoms with Crippen molar-refractivity contribution >= 4 is 108 Å². The van der Waals surface area contributed by atoms with Crippen molar-refractivity contribution in [2.75, 3.05) is 23.0 Å². The molecule has 1 atom stereocenters. The zero-order chi connectivity index (χ0) is 64.3. The number of nitrogens with one attached hydrogen (secondary N) is 1. The van der Waals surface area contributed by atoms with Crippen molar-refractivity contribution in [2.24, 2.45) is 0 Å². The third-order valence-electron chi connectivity index (χ3n) is 17.1. The number of rotatable bonds is 13. The number of fused-ring (bicyclic) bond motifs is 6. The SMILES string of the molecule is C.C1CCOC1.C=Cc1ccc(-c2ccc3c(c2)c2cc(N(c4ccccc4)c4ccccc4)ccc2n3-c2ccccc2)cc1.CC#CC.CCC(C)c1ccc(-c2ccc3c(c2)c2cc(N(c4ccccc4)c4ccccc4)ccc2n3-c2ccccc2)cc1.[B].[NH]=[Al]. The molecule has 0 saturated carbocycles. The van der Waals surface area contributed by atoms with Gasteiger partial charge in [0.2, 0.25) is 0 Å². The topological polar surface area (TPSA) is 49.4 Å². The van der Waals surface area contributed by atoms with Crippen LogP contribution < -0.4 is 9.80 Å². The second kappa shape index (κ2) is 33.9. The summed E-state index contributed by atoms with van der Waals surface area (Å²) in [6, 6.07) is 109. The van der Waals surface area contributed by atoms with E-state index in [0.717, 1.165) is 65.0 Å². The standard InChI is InChI=1S/C40H34N2.C38H28N2.C4H8O.C4H6.CH4.Al.B.HN/c1-3-29(2)30-19-21-31(22-20-30)32-23-25-39-37(27-32)38-28-36(24-26-40(38)42(39)35-17-11-6-12-18-35)41(33-13-7-4-8-14-33)34-15-9-5-10-16-34;1-2-28-18-20-29(21-19-28)30-22-24-37-35(26-30)36-27-34(23-25-38(36)40(37)33-16-10-5-11-17-33)39(31-12-6-3-7-13-31)32-14-8-4-9-15-32;1-2-4-5-3-1;1-3-4-2;;;;/h4-29H,3H2,1-2H3;2-27H,1H2;1-4H2;1-2H3;1H4;;;1H. The Morgan fingerprint density at radius 1 is 0.421 bits per heavy atom. The molecule has 0 bridgehead atoms. The molecule has 95 heavy (non-hydrogen) atoms. The van der Waals surface area contributed by atoms with Crippen molar-refractivity contribution in [2.45, 2.75) is 60.3 Å². The summed E-state index contributed by atoms with van der Waals surface area (Å²) in [6.07, 6.45) is 5.59. The van der Waals surface area contributed by atoms with Gasteiger partial charge in [0.05, 0.1) is 22.1 Å². The van der Waals surface area contributed by atoms with E-state index in [4.69, 9.17) is 9.08 Å². The summed E-state index contributed by atoms with van der Waals surface area (Å²) < 4.78 is 15.4. The molecule has 0 amide bonds. The van der Waals surface area contributed by atoms with Crippen molar-refractivity contribution in [3.05, 3.63) is 321 Å². The maximum absolute atomic E-state index is 5.67. The molecule has 1 unspecified atom stereocenters. The molecular formula is C87H81AlBN5O. The molecule has 466 valence electrons. The van der Waals surface area contributed by atoms with E-state index in [0.29, 0.717) is 5.92 Å². The number of benzene rings is 12. The minimum absolute atomic E-state index is 0. The van der Waals surface area contributed by atoms with Crippen LogP contribution in [0.4, 0.5) is 34.1 Å². The third kappa shape index (κ3) is 15.8. The first kappa shape index (κ1) is 68.9. The van der Waals surface area contributed by atoms with Crippen molar-refractivity contribution in [1.29, 1.82) is 4.35 Å². The second-order valence-electron chi connectivity index (χ2n) is 22.8. The van der Waals surface area contributed by atoms with Crippen LogP contribution in [-0.2, 0) is 4.74 Å². The van der Waals surface area contributed by atoms with Gasteiger partial charge in [-0.1, -0.05) is 204 Å². The quantitative estimate of drug-likeness (QED) is 0.0924. The van der Waals surface area contributed by atoms with Crippen molar-refractivity contribution in [3.63, 3.8) is 0 Å². The zero-order valence-electron chi connectivity index (χ0n) is 54.1. The predicted molar refractivity (Wildman–Crippen MR) is 411 cm³/mol. The van der Waals surface area contributed by atoms with Gasteiger partial charge in [-0.15, -0.1) is 11.8 Å². The first-order chi connectivity index (χ1) is 45.9. The molecular weight excluding hydrogens is 1170 g/mol. The molecule has 14 aromatic rings. The summed E-state index contributed by atoms with van der Waals surface area (Å²) in [5.74, 6) is 5.93. The van der Waals surface area contributed by atoms with E-state index >= 15 is 0 Å². The molecule has 15 rings (SSSR count). The fourth-order valence-corrected chi connectivity index (χ4v) is 12.1. The van der Waals surface area contributed by atoms with E-state index in [-0.39, 0.29) is 15.8 Å². The molecule has 2 aromatic heterocycles. The summed E-state index contributed by atoms with van der Waals surface area (Å²) in [7, 11) is 0. The molecule has 3 heterocycles. The number of anilines is 6. The molecule has 4 radical (unpaired) electrons. The Kier molecular flexibility index (Phi) is 24.6. The van der Waals surface area contributed by atoms with Gasteiger partial charge in [-0.05, 0) is 206 Å². The second-order valence-corrected chi connectivity index (χ2v) is 22.8. The molecule has 1 N–H and O–H groups in total. The summed E-state index contributed by atoms with van der Waals surface area (Å²) in [4.78, 5) is 4.66. The zero-order valence-corrected chi connectivity index (χ0v) is 55.3. The van der Waals surface area contributed by atoms with Crippen LogP contribution in [0.15, 0.2) is 310 Å². The summed E-state index contributed by atoms with van der Waals surface area (Å²) in [6.45, 7) is 14.1. The molecule has 1 aliphatic heterocycles. The van der Waals surface area contributed by atoms with Crippen LogP contribution >= 0.6 is 0 Å². The van der Waals surface area contributed by atoms with Crippen LogP contribution in [0.25, 0.3) is 83.3 Å². The fraction of sp³-hybridized carbons (Fsp3) is 0.126. The average molecular weight is 1250 g/mol. The van der Waals surface area contributed by atoms with E-state index in [1.165, 1.54) is 90.0 Å². The van der Waals surface area contributed by atoms with E-state index in [9.17, 15) is 0 Å². The number of aromatic nitrogens is 2. The van der Waals surface area contributed by atoms with Gasteiger partial charge < -0.3 is 23.7 Å². The molecule has 6 nitrogen and oxygen atoms in total. The number of hydrogen-bond acceptors (Lipinski definition) is 4. The fourth-order valence-electron chi connectivity index (χ4n) is 12.1. The molecule has 1 aliphatic rings. The van der Waals surface area contributed by atoms with E-state index in [2.05, 4.69) is 355 Å². The molecule has 1 fully saturated rings. The molecule has 8 heteroatoms. The normalized spacial score (nSPS) is 11.4. The van der Waals surface area contributed by atoms with Crippen LogP contribution in [-0.4, -0.2) is 46.9 Å². The first-order valence-electron chi connectivity index (χ1n) is 32.0. The van der Waals surface area contributed by atoms with Crippen LogP contribution in [0.3, 0.4) is 0 Å². The Hall–Kier alpha value is -10.5. The maximum atomic E-state index is 5.67. The average Bonchev–Trinajstić information content (AvgIpc) is 1.60. The minimum atomic E-state index is 0. The molecule has 0 spiro atoms. The molecule has 0 aliphatic carbocycles. The van der Waals surface area contributed by atoms with Gasteiger partial charge >= 0.3 is 20.4 Å². The first-order valence-corrected chi connectivity index (χ1v) is 32.6. The Balaban J connectivity index is 0.000000190. The Morgan fingerprint density at radius 3 is 1.03 bits per heavy atom. The molecule has 1 saturated heterocycles. The Morgan fingerprint density at radius 2 is 0.726 bits per heavy atom. The van der Waals surface area contributed by atoms with Gasteiger partial charge in [-0.3, -0.25) is 0 Å². The van der Waals surface area contributed by atoms with Crippen molar-refractivity contribution in [1.82, 2.24) is 9.13 Å². The van der Waals surface area contributed by atoms with E-state index < -0.39 is 0 Å². The third-order valence-corrected chi connectivity index (χ3v) is 17.1. The number of ether oxygens (including phenoxy) is 1. The summed E-state index contributed by atoms with van der Waals surface area (Å²) >= 11 is 1.67. The van der Waals surface area contributed by atoms with Crippen LogP contribution in [0.2, 0.25) is 0 Å². The van der Waals surface area contributed by atoms with Crippen molar-refractivity contribution < 1.29 is 4.74 Å². The Labute approximate surface area is 572 Å². The van der Waals surface area contributed by atoms with Crippen LogP contribution in [0.1, 0.15) is 71.4 Å². The van der Waals surface area contributed by atoms with Gasteiger partial charge in [0, 0.05) is 88.7 Å². The number of nitrogens with zero attached hydrogens (tertiary/aromatic N) is 4. The predicted octanol–water partition coefficient (Wildman–Crippen LogP) is 24.0. The molecule has 12 aromatic carbocycles. The van der Waals surface area contributed by atoms with Crippen LogP contribution in [0.5, 0.6) is 0 Å². The van der Waals surface area contributed by atoms with Gasteiger partial charge in [-0.2, -0.15) is 0 Å². The van der Waals surface area contributed by atoms with Gasteiger partial charge in [-0.25, -0.2) is 0 Å². The van der Waals surface area contributed by atoms with E-state index in [1.54, 1.807) is 16.1 Å². The van der Waals surface area contributed by atoms with E-state index in [1.807, 2.05) is 19.9 Å². The Bertz CT molecular complexity index is 4680. The van der Waals surface area contributed by atoms with Gasteiger partial charge in [0.15, 0.2) is 0 Å². The number of hydrogen-bond donors (Lipinski definition) is 1. The van der Waals surface area contributed by atoms with Gasteiger partial charge in [0.25, 0.3) is 0 Å². The van der Waals surface area contributed by atoms with Crippen LogP contribution in [0, 0.1) is 16.2 Å². The van der Waals surface area contributed by atoms with Crippen molar-refractivity contribution in [3.8, 4) is 45.5 Å². The number of para-hydroxylation sites is 6. The monoisotopic (exact) mass is 1250 g/mol. The summed E-state index contributed by atoms with van der Waals surface area (Å²) in [5.41, 5.74) is 21.3. The van der Waals surface area contributed by atoms with Gasteiger partial charge in [0.1, 0.15) is 0 Å². The summed E-state index contributed by atoms with van der Waals surface area (Å²) in [5, 5.41) is 4.94.